The minimum Gasteiger partial charge on any atom is -0.449 e. The molecule has 0 heterocycles. The van der Waals surface area contributed by atoms with Crippen molar-refractivity contribution in [3.63, 3.8) is 0 Å². The quantitative estimate of drug-likeness (QED) is 0.206. The standard InChI is InChI=1S/C22H12N4O10/c27-23(28)13-7-9-21(17(11-13)25(31)32)35-19-5-1-3-15-16(19)4-2-6-20(15)36-22-10-8-14(24(29)30)12-18(22)26(33)34/h1-12H. The average Bonchev–Trinajstić information content (AvgIpc) is 2.84. The van der Waals surface area contributed by atoms with Gasteiger partial charge in [-0.25, -0.2) is 0 Å². The lowest BCUT2D eigenvalue weighted by molar-refractivity contribution is -0.394. The minimum atomic E-state index is -0.810. The maximum atomic E-state index is 11.4. The van der Waals surface area contributed by atoms with Crippen molar-refractivity contribution < 1.29 is 29.2 Å². The first-order chi connectivity index (χ1) is 17.2. The number of nitro groups is 4. The number of hydrogen-bond donors (Lipinski definition) is 0. The average molecular weight is 492 g/mol. The van der Waals surface area contributed by atoms with Gasteiger partial charge in [0.1, 0.15) is 11.5 Å². The fourth-order valence-corrected chi connectivity index (χ4v) is 3.36. The molecule has 0 saturated heterocycles. The molecular weight excluding hydrogens is 480 g/mol. The second kappa shape index (κ2) is 9.30. The third-order valence-corrected chi connectivity index (χ3v) is 4.98. The highest BCUT2D eigenvalue weighted by atomic mass is 16.6. The van der Waals surface area contributed by atoms with Crippen molar-refractivity contribution in [2.45, 2.75) is 0 Å². The third-order valence-electron chi connectivity index (χ3n) is 4.98. The first-order valence-corrected chi connectivity index (χ1v) is 9.89. The van der Waals surface area contributed by atoms with E-state index >= 15 is 0 Å². The zero-order valence-electron chi connectivity index (χ0n) is 17.8. The molecule has 0 aromatic heterocycles. The topological polar surface area (TPSA) is 191 Å². The first-order valence-electron chi connectivity index (χ1n) is 9.89. The minimum absolute atomic E-state index is 0.146. The van der Waals surface area contributed by atoms with Crippen molar-refractivity contribution in [2.24, 2.45) is 0 Å². The van der Waals surface area contributed by atoms with Crippen LogP contribution in [0.15, 0.2) is 72.8 Å². The van der Waals surface area contributed by atoms with Gasteiger partial charge in [-0.3, -0.25) is 40.5 Å². The van der Waals surface area contributed by atoms with Gasteiger partial charge in [-0.2, -0.15) is 0 Å². The number of ether oxygens (including phenoxy) is 2. The molecule has 14 nitrogen and oxygen atoms in total. The summed E-state index contributed by atoms with van der Waals surface area (Å²) in [6.07, 6.45) is 0. The maximum Gasteiger partial charge on any atom is 0.318 e. The van der Waals surface area contributed by atoms with E-state index in [9.17, 15) is 40.5 Å². The maximum absolute atomic E-state index is 11.4. The van der Waals surface area contributed by atoms with Gasteiger partial charge in [0.25, 0.3) is 11.4 Å². The van der Waals surface area contributed by atoms with Crippen molar-refractivity contribution in [1.82, 2.24) is 0 Å². The number of fused-ring (bicyclic) bond motifs is 1. The fourth-order valence-electron chi connectivity index (χ4n) is 3.36. The molecule has 36 heavy (non-hydrogen) atoms. The van der Waals surface area contributed by atoms with E-state index in [1.807, 2.05) is 0 Å². The summed E-state index contributed by atoms with van der Waals surface area (Å²) in [5.74, 6) is -0.188. The van der Waals surface area contributed by atoms with Gasteiger partial charge in [-0.05, 0) is 24.3 Å². The summed E-state index contributed by atoms with van der Waals surface area (Å²) in [5.41, 5.74) is -2.19. The first kappa shape index (κ1) is 23.5. The highest BCUT2D eigenvalue weighted by Crippen LogP contribution is 2.41. The number of hydrogen-bond acceptors (Lipinski definition) is 10. The second-order valence-electron chi connectivity index (χ2n) is 7.14. The van der Waals surface area contributed by atoms with E-state index in [-0.39, 0.29) is 23.0 Å². The van der Waals surface area contributed by atoms with Crippen LogP contribution in [0, 0.1) is 40.5 Å². The smallest absolute Gasteiger partial charge is 0.318 e. The van der Waals surface area contributed by atoms with Crippen molar-refractivity contribution in [1.29, 1.82) is 0 Å². The molecule has 0 unspecified atom stereocenters. The van der Waals surface area contributed by atoms with Crippen molar-refractivity contribution >= 4 is 33.5 Å². The zero-order valence-corrected chi connectivity index (χ0v) is 17.8. The molecule has 0 saturated carbocycles. The van der Waals surface area contributed by atoms with Crippen molar-refractivity contribution in [2.75, 3.05) is 0 Å². The summed E-state index contributed by atoms with van der Waals surface area (Å²) in [4.78, 5) is 41.7. The Hall–Kier alpha value is -5.66. The Kier molecular flexibility index (Phi) is 6.07. The molecule has 4 aromatic carbocycles. The van der Waals surface area contributed by atoms with Crippen LogP contribution >= 0.6 is 0 Å². The van der Waals surface area contributed by atoms with Crippen LogP contribution in [0.2, 0.25) is 0 Å². The van der Waals surface area contributed by atoms with Gasteiger partial charge < -0.3 is 9.47 Å². The molecule has 0 atom stereocenters. The van der Waals surface area contributed by atoms with Crippen LogP contribution in [-0.4, -0.2) is 19.7 Å². The van der Waals surface area contributed by atoms with Gasteiger partial charge in [-0.15, -0.1) is 0 Å². The van der Waals surface area contributed by atoms with Crippen molar-refractivity contribution in [3.8, 4) is 23.0 Å². The normalized spacial score (nSPS) is 10.6. The Morgan fingerprint density at radius 2 is 0.861 bits per heavy atom. The summed E-state index contributed by atoms with van der Waals surface area (Å²) in [6.45, 7) is 0. The fraction of sp³-hybridized carbons (Fsp3) is 0. The monoisotopic (exact) mass is 492 g/mol. The molecule has 4 aromatic rings. The predicted octanol–water partition coefficient (Wildman–Crippen LogP) is 6.06. The van der Waals surface area contributed by atoms with Gasteiger partial charge >= 0.3 is 11.4 Å². The molecule has 0 amide bonds. The molecule has 0 radical (unpaired) electrons. The molecule has 180 valence electrons. The highest BCUT2D eigenvalue weighted by Gasteiger charge is 2.24. The Labute approximate surface area is 199 Å². The molecule has 0 aliphatic heterocycles. The number of non-ortho nitro benzene ring substituents is 2. The summed E-state index contributed by atoms with van der Waals surface area (Å²) >= 11 is 0. The SMILES string of the molecule is O=[N+]([O-])c1ccc(Oc2cccc3c(Oc4ccc([N+](=O)[O-])cc4[N+](=O)[O-])cccc23)c([N+](=O)[O-])c1. The number of nitro benzene ring substituents is 4. The molecule has 0 fully saturated rings. The van der Waals surface area contributed by atoms with E-state index in [4.69, 9.17) is 9.47 Å². The molecule has 0 aliphatic carbocycles. The van der Waals surface area contributed by atoms with E-state index in [2.05, 4.69) is 0 Å². The summed E-state index contributed by atoms with van der Waals surface area (Å²) < 4.78 is 11.5. The summed E-state index contributed by atoms with van der Waals surface area (Å²) in [7, 11) is 0. The molecule has 0 aliphatic rings. The van der Waals surface area contributed by atoms with Crippen LogP contribution in [0.3, 0.4) is 0 Å². The lowest BCUT2D eigenvalue weighted by Crippen LogP contribution is -1.97. The largest absolute Gasteiger partial charge is 0.449 e. The Bertz CT molecular complexity index is 1450. The Morgan fingerprint density at radius 1 is 0.472 bits per heavy atom. The van der Waals surface area contributed by atoms with Gasteiger partial charge in [0, 0.05) is 22.9 Å². The van der Waals surface area contributed by atoms with E-state index in [0.29, 0.717) is 10.8 Å². The number of benzene rings is 4. The molecule has 0 N–H and O–H groups in total. The summed E-state index contributed by atoms with van der Waals surface area (Å²) in [6, 6.07) is 15.2. The third kappa shape index (κ3) is 4.54. The van der Waals surface area contributed by atoms with Crippen LogP contribution in [0.1, 0.15) is 0 Å². The van der Waals surface area contributed by atoms with E-state index in [1.54, 1.807) is 24.3 Å². The molecule has 14 heteroatoms. The predicted molar refractivity (Wildman–Crippen MR) is 124 cm³/mol. The zero-order chi connectivity index (χ0) is 26.0. The lowest BCUT2D eigenvalue weighted by atomic mass is 10.1. The van der Waals surface area contributed by atoms with E-state index in [1.165, 1.54) is 12.1 Å². The Balaban J connectivity index is 1.76. The van der Waals surface area contributed by atoms with E-state index in [0.717, 1.165) is 36.4 Å². The molecule has 4 rings (SSSR count). The van der Waals surface area contributed by atoms with Crippen LogP contribution in [0.5, 0.6) is 23.0 Å². The van der Waals surface area contributed by atoms with Crippen LogP contribution < -0.4 is 9.47 Å². The van der Waals surface area contributed by atoms with Gasteiger partial charge in [0.15, 0.2) is 0 Å². The second-order valence-corrected chi connectivity index (χ2v) is 7.14. The van der Waals surface area contributed by atoms with Crippen molar-refractivity contribution in [3.05, 3.63) is 113 Å². The molecule has 0 spiro atoms. The van der Waals surface area contributed by atoms with Crippen LogP contribution in [0.25, 0.3) is 10.8 Å². The Morgan fingerprint density at radius 3 is 1.19 bits per heavy atom. The van der Waals surface area contributed by atoms with Gasteiger partial charge in [0.05, 0.1) is 31.8 Å². The highest BCUT2D eigenvalue weighted by molar-refractivity contribution is 5.93. The number of rotatable bonds is 8. The molecule has 0 bridgehead atoms. The summed E-state index contributed by atoms with van der Waals surface area (Å²) in [5, 5.41) is 45.7. The van der Waals surface area contributed by atoms with Gasteiger partial charge in [0.2, 0.25) is 11.5 Å². The van der Waals surface area contributed by atoms with Crippen LogP contribution in [-0.2, 0) is 0 Å². The lowest BCUT2D eigenvalue weighted by Gasteiger charge is -2.13. The van der Waals surface area contributed by atoms with Gasteiger partial charge in [-0.1, -0.05) is 24.3 Å². The number of nitrogens with zero attached hydrogens (tertiary/aromatic N) is 4. The molecular formula is C22H12N4O10. The van der Waals surface area contributed by atoms with Crippen LogP contribution in [0.4, 0.5) is 22.7 Å². The van der Waals surface area contributed by atoms with E-state index < -0.39 is 42.4 Å².